The van der Waals surface area contributed by atoms with Gasteiger partial charge in [0.25, 0.3) is 26.8 Å². The smallest absolute Gasteiger partial charge is 0.331 e. The van der Waals surface area contributed by atoms with Crippen LogP contribution in [0.15, 0.2) is 84.1 Å². The number of hydrogen-bond donors (Lipinski definition) is 1. The van der Waals surface area contributed by atoms with Crippen molar-refractivity contribution in [2.45, 2.75) is 53.1 Å². The second-order valence-corrected chi connectivity index (χ2v) is 18.6. The van der Waals surface area contributed by atoms with Gasteiger partial charge in [-0.1, -0.05) is 20.8 Å². The van der Waals surface area contributed by atoms with E-state index in [1.165, 1.54) is 35.2 Å². The van der Waals surface area contributed by atoms with Gasteiger partial charge in [-0.3, -0.25) is 61.3 Å². The van der Waals surface area contributed by atoms with Crippen LogP contribution in [-0.2, 0) is 62.7 Å². The van der Waals surface area contributed by atoms with Crippen LogP contribution in [0.5, 0.6) is 0 Å². The normalized spacial score (nSPS) is 16.7. The highest BCUT2D eigenvalue weighted by molar-refractivity contribution is 7.85. The zero-order chi connectivity index (χ0) is 47.3. The molecule has 6 aromatic rings. The molecule has 350 valence electrons. The molecular weight excluding hydrogens is 867 g/mol. The highest BCUT2D eigenvalue weighted by Crippen LogP contribution is 2.34. The van der Waals surface area contributed by atoms with E-state index in [4.69, 9.17) is 18.4 Å². The highest BCUT2D eigenvalue weighted by atomic mass is 32.2. The van der Waals surface area contributed by atoms with Crippen LogP contribution in [0.3, 0.4) is 0 Å². The molecule has 0 radical (unpaired) electrons. The number of nitrogens with zero attached hydrogens (tertiary/aromatic N) is 8. The second-order valence-electron chi connectivity index (χ2n) is 17.0. The van der Waals surface area contributed by atoms with E-state index in [1.54, 1.807) is 64.1 Å². The molecule has 22 heteroatoms. The summed E-state index contributed by atoms with van der Waals surface area (Å²) in [6.07, 6.45) is 13.0. The third-order valence-electron chi connectivity index (χ3n) is 12.5. The van der Waals surface area contributed by atoms with E-state index in [1.807, 2.05) is 6.92 Å². The monoisotopic (exact) mass is 921 g/mol. The molecule has 3 saturated heterocycles. The number of pyridine rings is 3. The Morgan fingerprint density at radius 1 is 0.600 bits per heavy atom. The summed E-state index contributed by atoms with van der Waals surface area (Å²) in [4.78, 5) is 86.2. The van der Waals surface area contributed by atoms with E-state index >= 15 is 0 Å². The zero-order valence-electron chi connectivity index (χ0n) is 37.6. The first-order valence-electron chi connectivity index (χ1n) is 21.0. The molecule has 0 aromatic carbocycles. The lowest BCUT2D eigenvalue weighted by atomic mass is 9.83. The Kier molecular flexibility index (Phi) is 14.7. The number of aryl methyl sites for hydroxylation is 3. The van der Waals surface area contributed by atoms with Crippen LogP contribution in [0.4, 0.5) is 0 Å². The van der Waals surface area contributed by atoms with Crippen molar-refractivity contribution in [3.05, 3.63) is 118 Å². The molecule has 0 atom stereocenters. The van der Waals surface area contributed by atoms with Gasteiger partial charge in [-0.05, 0) is 37.5 Å². The van der Waals surface area contributed by atoms with Crippen molar-refractivity contribution in [1.29, 1.82) is 0 Å². The number of hydrogen-bond acceptors (Lipinski definition) is 15. The van der Waals surface area contributed by atoms with E-state index in [0.717, 1.165) is 25.5 Å². The molecule has 0 amide bonds. The topological polar surface area (TPSA) is 253 Å². The SMILES string of the molecule is CCC1(COS(C)(=O)=O)COC1.CCC1(Cn2c(=O)c3ccncc3n(C)c2=O)COC1.CCC1(Cn2c(=O)c3ccncc3n(C)c2=O)COC1.Cn1c(=O)[nH]c(=O)c2ccncc21. The van der Waals surface area contributed by atoms with Gasteiger partial charge in [0.2, 0.25) is 0 Å². The summed E-state index contributed by atoms with van der Waals surface area (Å²) in [5, 5.41) is 1.51. The Balaban J connectivity index is 0.000000147. The molecule has 0 spiro atoms. The minimum absolute atomic E-state index is 0.0525. The van der Waals surface area contributed by atoms with Crippen molar-refractivity contribution in [2.75, 3.05) is 52.5 Å². The fourth-order valence-electron chi connectivity index (χ4n) is 7.46. The summed E-state index contributed by atoms with van der Waals surface area (Å²) in [7, 11) is 1.62. The Hall–Kier alpha value is -5.94. The molecule has 0 unspecified atom stereocenters. The molecule has 21 nitrogen and oxygen atoms in total. The van der Waals surface area contributed by atoms with Crippen LogP contribution in [0.2, 0.25) is 0 Å². The average molecular weight is 922 g/mol. The van der Waals surface area contributed by atoms with Crippen molar-refractivity contribution >= 4 is 42.8 Å². The second kappa shape index (κ2) is 19.7. The van der Waals surface area contributed by atoms with Crippen molar-refractivity contribution in [3.63, 3.8) is 0 Å². The maximum Gasteiger partial charge on any atom is 0.331 e. The molecule has 0 aliphatic carbocycles. The van der Waals surface area contributed by atoms with Crippen LogP contribution in [0, 0.1) is 16.2 Å². The quantitative estimate of drug-likeness (QED) is 0.189. The third kappa shape index (κ3) is 10.3. The van der Waals surface area contributed by atoms with Crippen LogP contribution in [0.25, 0.3) is 32.7 Å². The van der Waals surface area contributed by atoms with Gasteiger partial charge in [-0.15, -0.1) is 0 Å². The number of aromatic nitrogens is 9. The van der Waals surface area contributed by atoms with Crippen molar-refractivity contribution in [1.82, 2.24) is 42.8 Å². The minimum Gasteiger partial charge on any atom is -0.380 e. The standard InChI is InChI=1S/2C14H17N3O3.C8H7N3O2.C7H14O4S/c2*1-3-14(8-20-9-14)7-17-12(18)10-4-5-15-6-11(10)16(2)13(17)19;1-11-6-4-9-3-2-5(6)7(12)10-8(11)13;1-3-7(4-10-5-7)6-11-12(2,8)9/h2*4-6H,3,7-9H2,1-2H3;2-4H,1H3,(H,10,12,13);3-6H2,1-2H3. The van der Waals surface area contributed by atoms with E-state index in [9.17, 15) is 37.2 Å². The summed E-state index contributed by atoms with van der Waals surface area (Å²) in [6.45, 7) is 10.8. The molecule has 9 rings (SSSR count). The average Bonchev–Trinajstić information content (AvgIpc) is 3.26. The van der Waals surface area contributed by atoms with Gasteiger partial charge in [-0.25, -0.2) is 14.4 Å². The molecule has 65 heavy (non-hydrogen) atoms. The number of aromatic amines is 1. The fourth-order valence-corrected chi connectivity index (χ4v) is 7.93. The van der Waals surface area contributed by atoms with Gasteiger partial charge in [0.1, 0.15) is 0 Å². The van der Waals surface area contributed by atoms with Gasteiger partial charge in [-0.2, -0.15) is 8.42 Å². The van der Waals surface area contributed by atoms with E-state index in [0.29, 0.717) is 85.4 Å². The molecule has 3 aliphatic heterocycles. The van der Waals surface area contributed by atoms with E-state index in [-0.39, 0.29) is 50.9 Å². The van der Waals surface area contributed by atoms with Gasteiger partial charge in [0.15, 0.2) is 0 Å². The molecular formula is C43H55N9O12S. The lowest BCUT2D eigenvalue weighted by molar-refractivity contribution is -0.132. The van der Waals surface area contributed by atoms with Gasteiger partial charge < -0.3 is 14.2 Å². The van der Waals surface area contributed by atoms with Crippen LogP contribution >= 0.6 is 0 Å². The molecule has 3 fully saturated rings. The predicted molar refractivity (Wildman–Crippen MR) is 242 cm³/mol. The number of nitrogens with one attached hydrogen (secondary N) is 1. The Morgan fingerprint density at radius 2 is 0.969 bits per heavy atom. The molecule has 9 heterocycles. The lowest BCUT2D eigenvalue weighted by Crippen LogP contribution is -2.51. The summed E-state index contributed by atoms with van der Waals surface area (Å²) in [5.41, 5.74) is -0.442. The maximum atomic E-state index is 12.5. The number of fused-ring (bicyclic) bond motifs is 3. The maximum absolute atomic E-state index is 12.5. The summed E-state index contributed by atoms with van der Waals surface area (Å²) >= 11 is 0. The Morgan fingerprint density at radius 3 is 1.31 bits per heavy atom. The molecule has 0 bridgehead atoms. The predicted octanol–water partition coefficient (Wildman–Crippen LogP) is 1.05. The van der Waals surface area contributed by atoms with E-state index in [2.05, 4.69) is 33.8 Å². The first-order valence-corrected chi connectivity index (χ1v) is 22.8. The van der Waals surface area contributed by atoms with Crippen LogP contribution in [0.1, 0.15) is 40.0 Å². The summed E-state index contributed by atoms with van der Waals surface area (Å²) in [5.74, 6) is 0. The van der Waals surface area contributed by atoms with E-state index < -0.39 is 15.8 Å². The minimum atomic E-state index is -3.30. The Labute approximate surface area is 372 Å². The molecule has 1 N–H and O–H groups in total. The van der Waals surface area contributed by atoms with Crippen LogP contribution in [-0.4, -0.2) is 104 Å². The summed E-state index contributed by atoms with van der Waals surface area (Å²) < 4.78 is 48.6. The van der Waals surface area contributed by atoms with Crippen molar-refractivity contribution < 1.29 is 26.8 Å². The first kappa shape index (κ1) is 48.5. The fraction of sp³-hybridized carbons (Fsp3) is 0.512. The molecule has 0 saturated carbocycles. The number of H-pyrrole nitrogens is 1. The van der Waals surface area contributed by atoms with Gasteiger partial charge in [0, 0.05) is 69.1 Å². The van der Waals surface area contributed by atoms with Crippen molar-refractivity contribution in [3.8, 4) is 0 Å². The molecule has 6 aromatic heterocycles. The largest absolute Gasteiger partial charge is 0.380 e. The third-order valence-corrected chi connectivity index (χ3v) is 13.1. The Bertz CT molecular complexity index is 3030. The zero-order valence-corrected chi connectivity index (χ0v) is 38.4. The number of ether oxygens (including phenoxy) is 3. The first-order chi connectivity index (χ1) is 30.8. The lowest BCUT2D eigenvalue weighted by Gasteiger charge is -2.40. The summed E-state index contributed by atoms with van der Waals surface area (Å²) in [6, 6.07) is 4.89. The van der Waals surface area contributed by atoms with Crippen molar-refractivity contribution in [2.24, 2.45) is 37.4 Å². The van der Waals surface area contributed by atoms with Crippen LogP contribution < -0.4 is 33.7 Å². The number of rotatable bonds is 10. The highest BCUT2D eigenvalue weighted by Gasteiger charge is 2.40. The molecule has 3 aliphatic rings. The van der Waals surface area contributed by atoms with Gasteiger partial charge in [0.05, 0.1) is 104 Å². The van der Waals surface area contributed by atoms with Gasteiger partial charge >= 0.3 is 17.1 Å².